The third-order valence-electron chi connectivity index (χ3n) is 9.11. The first kappa shape index (κ1) is 29.8. The van der Waals surface area contributed by atoms with Crippen molar-refractivity contribution >= 4 is 53.6 Å². The third-order valence-corrected chi connectivity index (χ3v) is 9.11. The van der Waals surface area contributed by atoms with Gasteiger partial charge >= 0.3 is 17.9 Å². The molecule has 3 aliphatic heterocycles. The molecule has 2 unspecified atom stereocenters. The molecule has 43 heavy (non-hydrogen) atoms. The van der Waals surface area contributed by atoms with Crippen LogP contribution in [-0.4, -0.2) is 60.7 Å². The zero-order valence-corrected chi connectivity index (χ0v) is 24.9. The molecule has 10 heteroatoms. The van der Waals surface area contributed by atoms with E-state index in [4.69, 9.17) is 9.98 Å². The van der Waals surface area contributed by atoms with Gasteiger partial charge in [0.25, 0.3) is 0 Å². The van der Waals surface area contributed by atoms with Crippen molar-refractivity contribution in [2.75, 3.05) is 0 Å². The van der Waals surface area contributed by atoms with Crippen LogP contribution in [0.3, 0.4) is 0 Å². The van der Waals surface area contributed by atoms with Gasteiger partial charge in [-0.3, -0.25) is 19.6 Å². The van der Waals surface area contributed by atoms with E-state index in [1.807, 2.05) is 39.8 Å². The van der Waals surface area contributed by atoms with Gasteiger partial charge in [-0.1, -0.05) is 26.5 Å². The zero-order chi connectivity index (χ0) is 31.3. The van der Waals surface area contributed by atoms with Crippen molar-refractivity contribution in [1.29, 1.82) is 0 Å². The summed E-state index contributed by atoms with van der Waals surface area (Å²) in [7, 11) is 0. The highest BCUT2D eigenvalue weighted by atomic mass is 16.4. The average Bonchev–Trinajstić information content (AvgIpc) is 3.60. The Balaban J connectivity index is 1.88. The van der Waals surface area contributed by atoms with Crippen LogP contribution in [0.1, 0.15) is 67.3 Å². The van der Waals surface area contributed by atoms with Crippen molar-refractivity contribution in [2.45, 2.75) is 59.9 Å². The second kappa shape index (κ2) is 11.2. The van der Waals surface area contributed by atoms with E-state index in [-0.39, 0.29) is 30.0 Å². The minimum absolute atomic E-state index is 0.0964. The third kappa shape index (κ3) is 5.00. The van der Waals surface area contributed by atoms with Gasteiger partial charge in [0.05, 0.1) is 11.3 Å². The molecule has 0 fully saturated rings. The molecule has 0 saturated heterocycles. The molecule has 0 aliphatic carbocycles. The lowest BCUT2D eigenvalue weighted by Crippen LogP contribution is -2.39. The Morgan fingerprint density at radius 2 is 1.72 bits per heavy atom. The second-order valence-corrected chi connectivity index (χ2v) is 11.4. The molecule has 5 N–H and O–H groups in total. The number of carboxylic acids is 3. The Hall–Kier alpha value is -4.73. The molecule has 2 aromatic rings. The first-order valence-electron chi connectivity index (χ1n) is 14.4. The van der Waals surface area contributed by atoms with Crippen LogP contribution in [0.2, 0.25) is 0 Å². The molecular weight excluding hydrogens is 548 g/mol. The van der Waals surface area contributed by atoms with Crippen LogP contribution < -0.4 is 10.7 Å². The van der Waals surface area contributed by atoms with Crippen molar-refractivity contribution in [2.24, 2.45) is 27.7 Å². The number of rotatable bonds is 7. The molecule has 8 bridgehead atoms. The smallest absolute Gasteiger partial charge is 0.334 e. The van der Waals surface area contributed by atoms with Gasteiger partial charge in [0.1, 0.15) is 12.0 Å². The molecule has 224 valence electrons. The fourth-order valence-electron chi connectivity index (χ4n) is 6.71. The van der Waals surface area contributed by atoms with Gasteiger partial charge in [-0.05, 0) is 74.1 Å². The van der Waals surface area contributed by atoms with Gasteiger partial charge in [0.2, 0.25) is 0 Å². The quantitative estimate of drug-likeness (QED) is 0.333. The fourth-order valence-corrected chi connectivity index (χ4v) is 6.71. The van der Waals surface area contributed by atoms with Crippen molar-refractivity contribution in [3.8, 4) is 0 Å². The highest BCUT2D eigenvalue weighted by Crippen LogP contribution is 2.41. The van der Waals surface area contributed by atoms with Crippen molar-refractivity contribution in [1.82, 2.24) is 9.97 Å². The van der Waals surface area contributed by atoms with E-state index in [0.29, 0.717) is 23.4 Å². The van der Waals surface area contributed by atoms with Crippen molar-refractivity contribution in [3.05, 3.63) is 67.8 Å². The summed E-state index contributed by atoms with van der Waals surface area (Å²) in [5.74, 6) is -5.75. The predicted octanol–water partition coefficient (Wildman–Crippen LogP) is 3.63. The molecule has 0 amide bonds. The normalized spacial score (nSPS) is 23.6. The molecule has 0 aromatic carbocycles. The Morgan fingerprint density at radius 3 is 2.33 bits per heavy atom. The van der Waals surface area contributed by atoms with Crippen molar-refractivity contribution < 1.29 is 29.7 Å². The molecule has 3 aliphatic rings. The van der Waals surface area contributed by atoms with E-state index in [1.54, 1.807) is 19.1 Å². The monoisotopic (exact) mass is 584 g/mol. The molecule has 2 aromatic heterocycles. The lowest BCUT2D eigenvalue weighted by atomic mass is 9.78. The van der Waals surface area contributed by atoms with Gasteiger partial charge < -0.3 is 25.3 Å². The van der Waals surface area contributed by atoms with Gasteiger partial charge in [0, 0.05) is 57.3 Å². The number of nitrogens with one attached hydrogen (secondary N) is 2. The second-order valence-electron chi connectivity index (χ2n) is 11.4. The first-order valence-corrected chi connectivity index (χ1v) is 14.4. The largest absolute Gasteiger partial charge is 0.481 e. The van der Waals surface area contributed by atoms with E-state index >= 15 is 0 Å². The molecule has 0 spiro atoms. The van der Waals surface area contributed by atoms with Crippen LogP contribution in [0, 0.1) is 31.6 Å². The number of aliphatic imine (C=N–C) groups is 2. The summed E-state index contributed by atoms with van der Waals surface area (Å²) in [6, 6.07) is -1.23. The number of hydrogen-bond acceptors (Lipinski definition) is 5. The van der Waals surface area contributed by atoms with Crippen LogP contribution in [0.15, 0.2) is 33.4 Å². The Bertz CT molecular complexity index is 1830. The maximum atomic E-state index is 13.0. The molecule has 5 heterocycles. The number of aromatic nitrogens is 2. The van der Waals surface area contributed by atoms with Crippen molar-refractivity contribution in [3.63, 3.8) is 0 Å². The number of aliphatic carboxylic acids is 3. The summed E-state index contributed by atoms with van der Waals surface area (Å²) < 4.78 is 0. The SMILES string of the molecule is C=Cc1c2[nH]c(c1C)C=C1N=C(C(C(=O)O)C3N=C(C=c4[nH]/c(c(C)c4CC)=C\2)C(C)=C3C(=O)O)[C@@H](CCC(=O)O)[C@@H]1C. The lowest BCUT2D eigenvalue weighted by Gasteiger charge is -2.25. The van der Waals surface area contributed by atoms with E-state index in [9.17, 15) is 29.7 Å². The van der Waals surface area contributed by atoms with Crippen LogP contribution >= 0.6 is 0 Å². The summed E-state index contributed by atoms with van der Waals surface area (Å²) >= 11 is 0. The minimum atomic E-state index is -1.39. The van der Waals surface area contributed by atoms with Gasteiger partial charge in [-0.2, -0.15) is 0 Å². The number of aromatic amines is 2. The topological polar surface area (TPSA) is 168 Å². The zero-order valence-electron chi connectivity index (χ0n) is 24.9. The lowest BCUT2D eigenvalue weighted by molar-refractivity contribution is -0.140. The maximum Gasteiger partial charge on any atom is 0.334 e. The highest BCUT2D eigenvalue weighted by Gasteiger charge is 2.47. The Labute approximate surface area is 248 Å². The van der Waals surface area contributed by atoms with Gasteiger partial charge in [0.15, 0.2) is 0 Å². The molecular formula is C33H36N4O6. The minimum Gasteiger partial charge on any atom is -0.481 e. The summed E-state index contributed by atoms with van der Waals surface area (Å²) in [6.07, 6.45) is 8.16. The molecule has 0 radical (unpaired) electrons. The maximum absolute atomic E-state index is 13.0. The number of carbonyl (C=O) groups is 3. The summed E-state index contributed by atoms with van der Waals surface area (Å²) in [6.45, 7) is 13.6. The standard InChI is InChI=1S/C33H36N4O6/c1-7-18-14(3)21-11-23-16(5)20(9-10-27(38)39)30(36-23)29(33(42)43)31-28(32(40)41)17(6)24(37-31)13-26-19(8-2)15(4)22(35-26)12-25(18)34-21/h7,11-13,16,20,29,31,34-35H,1,8-10H2,2-6H3,(H,38,39)(H,40,41)(H,42,43)/b22-12-,23-11?,26-13?/t16-,20-,29?,31?/m0/s1. The summed E-state index contributed by atoms with van der Waals surface area (Å²) in [5, 5.41) is 32.0. The Morgan fingerprint density at radius 1 is 1.00 bits per heavy atom. The Kier molecular flexibility index (Phi) is 7.72. The molecule has 0 saturated carbocycles. The summed E-state index contributed by atoms with van der Waals surface area (Å²) in [5.41, 5.74) is 7.07. The number of hydrogen-bond donors (Lipinski definition) is 5. The predicted molar refractivity (Wildman–Crippen MR) is 165 cm³/mol. The first-order chi connectivity index (χ1) is 20.4. The van der Waals surface area contributed by atoms with E-state index in [2.05, 4.69) is 16.5 Å². The average molecular weight is 585 g/mol. The number of H-pyrrole nitrogens is 2. The van der Waals surface area contributed by atoms with E-state index < -0.39 is 35.8 Å². The highest BCUT2D eigenvalue weighted by molar-refractivity contribution is 6.25. The van der Waals surface area contributed by atoms with Crippen LogP contribution in [0.5, 0.6) is 0 Å². The number of nitrogens with zero attached hydrogens (tertiary/aromatic N) is 2. The molecule has 4 atom stereocenters. The number of allylic oxidation sites excluding steroid dienone is 2. The summed E-state index contributed by atoms with van der Waals surface area (Å²) in [4.78, 5) is 53.7. The number of carboxylic acid groups (broad SMARTS) is 3. The fraction of sp³-hybridized carbons (Fsp3) is 0.364. The molecule has 10 nitrogen and oxygen atoms in total. The van der Waals surface area contributed by atoms with Crippen LogP contribution in [0.25, 0.3) is 24.3 Å². The van der Waals surface area contributed by atoms with Crippen LogP contribution in [0.4, 0.5) is 0 Å². The number of fused-ring (bicyclic) bond motifs is 6. The van der Waals surface area contributed by atoms with Crippen LogP contribution in [-0.2, 0) is 20.8 Å². The van der Waals surface area contributed by atoms with E-state index in [1.165, 1.54) is 0 Å². The molecule has 5 rings (SSSR count). The van der Waals surface area contributed by atoms with E-state index in [0.717, 1.165) is 44.3 Å². The van der Waals surface area contributed by atoms with Gasteiger partial charge in [-0.25, -0.2) is 4.79 Å². The van der Waals surface area contributed by atoms with Gasteiger partial charge in [-0.15, -0.1) is 0 Å².